The maximum Gasteiger partial charge on any atom is 0.296 e. The van der Waals surface area contributed by atoms with Crippen LogP contribution in [0.25, 0.3) is 10.9 Å². The first-order valence-electron chi connectivity index (χ1n) is 15.5. The molecule has 1 heterocycles. The van der Waals surface area contributed by atoms with Crippen LogP contribution in [-0.2, 0) is 39.0 Å². The molecule has 230 valence electrons. The lowest BCUT2D eigenvalue weighted by atomic mass is 9.80. The highest BCUT2D eigenvalue weighted by atomic mass is 32.2. The Bertz CT molecular complexity index is 1620. The van der Waals surface area contributed by atoms with Crippen molar-refractivity contribution < 1.29 is 17.0 Å². The van der Waals surface area contributed by atoms with Gasteiger partial charge in [0, 0.05) is 11.1 Å². The summed E-state index contributed by atoms with van der Waals surface area (Å²) >= 11 is 0. The van der Waals surface area contributed by atoms with E-state index >= 15 is 0 Å². The summed E-state index contributed by atoms with van der Waals surface area (Å²) in [6.45, 7) is 15.6. The molecule has 0 amide bonds. The Morgan fingerprint density at radius 1 is 0.791 bits per heavy atom. The minimum atomic E-state index is -3.69. The highest BCUT2D eigenvalue weighted by molar-refractivity contribution is 7.86. The predicted octanol–water partition coefficient (Wildman–Crippen LogP) is 8.41. The Balaban J connectivity index is 1.31. The molecular weight excluding hydrogens is 571 g/mol. The largest absolute Gasteiger partial charge is 0.547 e. The molecule has 4 rings (SSSR count). The van der Waals surface area contributed by atoms with Crippen LogP contribution in [0.15, 0.2) is 71.6 Å². The van der Waals surface area contributed by atoms with Crippen LogP contribution < -0.4 is 4.43 Å². The van der Waals surface area contributed by atoms with Gasteiger partial charge in [0.2, 0.25) is 9.04 Å². The van der Waals surface area contributed by atoms with Crippen molar-refractivity contribution in [3.05, 3.63) is 100 Å². The van der Waals surface area contributed by atoms with Crippen molar-refractivity contribution in [2.24, 2.45) is 0 Å². The zero-order chi connectivity index (χ0) is 31.2. The van der Waals surface area contributed by atoms with E-state index in [1.807, 2.05) is 6.92 Å². The molecule has 0 bridgehead atoms. The van der Waals surface area contributed by atoms with Crippen molar-refractivity contribution in [2.75, 3.05) is 6.61 Å². The van der Waals surface area contributed by atoms with E-state index in [4.69, 9.17) is 13.6 Å². The second kappa shape index (κ2) is 14.2. The molecule has 3 aromatic carbocycles. The van der Waals surface area contributed by atoms with Gasteiger partial charge in [-0.05, 0) is 111 Å². The van der Waals surface area contributed by atoms with Gasteiger partial charge in [-0.15, -0.1) is 0 Å². The summed E-state index contributed by atoms with van der Waals surface area (Å²) < 4.78 is 36.2. The van der Waals surface area contributed by atoms with Crippen LogP contribution in [0.5, 0.6) is 5.75 Å². The molecule has 0 spiro atoms. The number of nitrogens with zero attached hydrogens (tertiary/aromatic N) is 1. The van der Waals surface area contributed by atoms with Crippen molar-refractivity contribution in [2.45, 2.75) is 96.5 Å². The van der Waals surface area contributed by atoms with Crippen LogP contribution in [0.4, 0.5) is 0 Å². The molecule has 7 heteroatoms. The van der Waals surface area contributed by atoms with Crippen molar-refractivity contribution in [1.29, 1.82) is 0 Å². The van der Waals surface area contributed by atoms with Crippen molar-refractivity contribution in [3.8, 4) is 5.75 Å². The predicted molar refractivity (Wildman–Crippen MR) is 180 cm³/mol. The molecule has 0 aliphatic heterocycles. The van der Waals surface area contributed by atoms with Gasteiger partial charge in [-0.1, -0.05) is 75.2 Å². The van der Waals surface area contributed by atoms with Gasteiger partial charge in [-0.25, -0.2) is 0 Å². The fraction of sp³-hybridized carbons (Fsp3) is 0.417. The van der Waals surface area contributed by atoms with Crippen molar-refractivity contribution in [3.63, 3.8) is 0 Å². The van der Waals surface area contributed by atoms with Crippen LogP contribution in [-0.4, -0.2) is 29.0 Å². The SMILES string of the molecule is Cc1ccc(S(=O)(=O)OCCCCCc2ccc(CCc3nc4cccc(O[SiH](C)C)c4c(C(C)(C)C)c3C)cc2)cc1. The van der Waals surface area contributed by atoms with Gasteiger partial charge in [0.05, 0.1) is 17.0 Å². The van der Waals surface area contributed by atoms with E-state index < -0.39 is 19.2 Å². The molecule has 1 aromatic heterocycles. The third-order valence-electron chi connectivity index (χ3n) is 7.76. The standard InChI is InChI=1S/C36H47NO4SSi/c1-26-15-22-30(23-16-26)42(38,39)40-25-10-8-9-12-28-17-19-29(20-18-28)21-24-31-27(2)35(36(3,4)5)34-32(37-31)13-11-14-33(34)41-43(6)7/h11,13-20,22-23,43H,8-10,12,21,24-25H2,1-7H3. The average Bonchev–Trinajstić information content (AvgIpc) is 2.94. The molecule has 5 nitrogen and oxygen atoms in total. The molecule has 0 saturated heterocycles. The minimum absolute atomic E-state index is 0.0266. The molecular formula is C36H47NO4SSi. The topological polar surface area (TPSA) is 65.5 Å². The lowest BCUT2D eigenvalue weighted by molar-refractivity contribution is 0.307. The fourth-order valence-electron chi connectivity index (χ4n) is 5.64. The molecule has 0 fully saturated rings. The van der Waals surface area contributed by atoms with Gasteiger partial charge in [0.1, 0.15) is 5.75 Å². The lowest BCUT2D eigenvalue weighted by Crippen LogP contribution is -2.18. The first kappa shape index (κ1) is 32.9. The summed E-state index contributed by atoms with van der Waals surface area (Å²) in [6, 6.07) is 21.9. The number of fused-ring (bicyclic) bond motifs is 1. The maximum absolute atomic E-state index is 12.3. The molecule has 0 aliphatic carbocycles. The van der Waals surface area contributed by atoms with E-state index in [2.05, 4.69) is 83.3 Å². The van der Waals surface area contributed by atoms with Gasteiger partial charge >= 0.3 is 0 Å². The molecule has 4 aromatic rings. The molecule has 0 aliphatic rings. The van der Waals surface area contributed by atoms with E-state index in [1.165, 1.54) is 27.6 Å². The summed E-state index contributed by atoms with van der Waals surface area (Å²) in [6.07, 6.45) is 5.42. The number of benzene rings is 3. The number of unbranched alkanes of at least 4 members (excludes halogenated alkanes) is 2. The summed E-state index contributed by atoms with van der Waals surface area (Å²) in [4.78, 5) is 5.35. The van der Waals surface area contributed by atoms with E-state index in [-0.39, 0.29) is 16.9 Å². The summed E-state index contributed by atoms with van der Waals surface area (Å²) in [5.41, 5.74) is 8.39. The number of aromatic nitrogens is 1. The number of rotatable bonds is 13. The summed E-state index contributed by atoms with van der Waals surface area (Å²) in [5.74, 6) is 0.974. The van der Waals surface area contributed by atoms with Gasteiger partial charge in [-0.2, -0.15) is 8.42 Å². The number of hydrogen-bond acceptors (Lipinski definition) is 5. The van der Waals surface area contributed by atoms with Crippen LogP contribution in [0, 0.1) is 13.8 Å². The first-order chi connectivity index (χ1) is 20.3. The normalized spacial score (nSPS) is 12.3. The highest BCUT2D eigenvalue weighted by Gasteiger charge is 2.25. The van der Waals surface area contributed by atoms with Gasteiger partial charge < -0.3 is 4.43 Å². The number of aryl methyl sites for hydroxylation is 4. The molecule has 0 radical (unpaired) electrons. The van der Waals surface area contributed by atoms with Gasteiger partial charge in [-0.3, -0.25) is 9.17 Å². The van der Waals surface area contributed by atoms with E-state index in [0.717, 1.165) is 54.6 Å². The fourth-order valence-corrected chi connectivity index (χ4v) is 7.29. The van der Waals surface area contributed by atoms with E-state index in [1.54, 1.807) is 24.3 Å². The maximum atomic E-state index is 12.3. The Hall–Kier alpha value is -3.00. The monoisotopic (exact) mass is 617 g/mol. The van der Waals surface area contributed by atoms with Gasteiger partial charge in [0.15, 0.2) is 0 Å². The average molecular weight is 618 g/mol. The molecule has 43 heavy (non-hydrogen) atoms. The zero-order valence-electron chi connectivity index (χ0n) is 26.9. The smallest absolute Gasteiger partial charge is 0.296 e. The number of pyridine rings is 1. The Labute approximate surface area is 260 Å². The van der Waals surface area contributed by atoms with Gasteiger partial charge in [0.25, 0.3) is 10.1 Å². The third-order valence-corrected chi connectivity index (χ3v) is 9.81. The highest BCUT2D eigenvalue weighted by Crippen LogP contribution is 2.39. The lowest BCUT2D eigenvalue weighted by Gasteiger charge is -2.27. The Morgan fingerprint density at radius 2 is 1.44 bits per heavy atom. The quantitative estimate of drug-likeness (QED) is 0.0856. The van der Waals surface area contributed by atoms with Crippen molar-refractivity contribution >= 4 is 30.1 Å². The molecule has 0 atom stereocenters. The molecule has 0 N–H and O–H groups in total. The van der Waals surface area contributed by atoms with E-state index in [0.29, 0.717) is 6.42 Å². The zero-order valence-corrected chi connectivity index (χ0v) is 28.8. The third kappa shape index (κ3) is 8.77. The van der Waals surface area contributed by atoms with Crippen molar-refractivity contribution in [1.82, 2.24) is 4.98 Å². The van der Waals surface area contributed by atoms with E-state index in [9.17, 15) is 8.42 Å². The van der Waals surface area contributed by atoms with Crippen LogP contribution in [0.3, 0.4) is 0 Å². The Morgan fingerprint density at radius 3 is 2.07 bits per heavy atom. The summed E-state index contributed by atoms with van der Waals surface area (Å²) in [5, 5.41) is 1.17. The van der Waals surface area contributed by atoms with Crippen LogP contribution >= 0.6 is 0 Å². The molecule has 0 unspecified atom stereocenters. The van der Waals surface area contributed by atoms with Crippen LogP contribution in [0.2, 0.25) is 13.1 Å². The van der Waals surface area contributed by atoms with Crippen LogP contribution in [0.1, 0.15) is 73.5 Å². The second-order valence-corrected chi connectivity index (χ2v) is 16.8. The minimum Gasteiger partial charge on any atom is -0.547 e. The first-order valence-corrected chi connectivity index (χ1v) is 19.7. The Kier molecular flexibility index (Phi) is 10.9. The molecule has 0 saturated carbocycles. The number of hydrogen-bond donors (Lipinski definition) is 0. The summed E-state index contributed by atoms with van der Waals surface area (Å²) in [7, 11) is -4.94. The second-order valence-electron chi connectivity index (χ2n) is 12.8.